The normalized spacial score (nSPS) is 12.7. The molecular weight excluding hydrogens is 356 g/mol. The molecule has 0 saturated heterocycles. The monoisotopic (exact) mass is 378 g/mol. The molecule has 0 amide bonds. The average molecular weight is 378 g/mol. The van der Waals surface area contributed by atoms with Gasteiger partial charge >= 0.3 is 5.97 Å². The summed E-state index contributed by atoms with van der Waals surface area (Å²) in [6.45, 7) is 5.62. The van der Waals surface area contributed by atoms with E-state index in [2.05, 4.69) is 66.7 Å². The minimum absolute atomic E-state index is 0.326. The molecule has 29 heavy (non-hydrogen) atoms. The van der Waals surface area contributed by atoms with Crippen molar-refractivity contribution < 1.29 is 9.53 Å². The Morgan fingerprint density at radius 2 is 1.28 bits per heavy atom. The smallest absolute Gasteiger partial charge is 0.331 e. The van der Waals surface area contributed by atoms with Gasteiger partial charge in [0.25, 0.3) is 0 Å². The largest absolute Gasteiger partial charge is 0.457 e. The van der Waals surface area contributed by atoms with Crippen molar-refractivity contribution in [3.05, 3.63) is 78.4 Å². The van der Waals surface area contributed by atoms with Crippen LogP contribution in [-0.4, -0.2) is 11.6 Å². The Morgan fingerprint density at radius 3 is 1.93 bits per heavy atom. The van der Waals surface area contributed by atoms with Gasteiger partial charge in [-0.25, -0.2) is 4.79 Å². The first kappa shape index (κ1) is 17.7. The van der Waals surface area contributed by atoms with Crippen molar-refractivity contribution >= 4 is 55.1 Å². The number of esters is 1. The van der Waals surface area contributed by atoms with Crippen LogP contribution in [0.2, 0.25) is 0 Å². The van der Waals surface area contributed by atoms with Crippen molar-refractivity contribution in [3.63, 3.8) is 0 Å². The summed E-state index contributed by atoms with van der Waals surface area (Å²) in [6, 6.07) is 23.7. The predicted octanol–water partition coefficient (Wildman–Crippen LogP) is 7.09. The van der Waals surface area contributed by atoms with E-state index in [1.807, 2.05) is 26.8 Å². The molecule has 0 aliphatic rings. The fourth-order valence-electron chi connectivity index (χ4n) is 4.31. The molecule has 5 aromatic carbocycles. The fraction of sp³-hybridized carbons (Fsp3) is 0.148. The van der Waals surface area contributed by atoms with Crippen LogP contribution in [0.15, 0.2) is 72.8 Å². The first-order valence-electron chi connectivity index (χ1n) is 9.92. The molecule has 0 bridgehead atoms. The van der Waals surface area contributed by atoms with E-state index in [0.29, 0.717) is 0 Å². The van der Waals surface area contributed by atoms with Gasteiger partial charge < -0.3 is 4.74 Å². The molecule has 0 spiro atoms. The second-order valence-corrected chi connectivity index (χ2v) is 8.51. The summed E-state index contributed by atoms with van der Waals surface area (Å²) in [5.74, 6) is -0.326. The summed E-state index contributed by atoms with van der Waals surface area (Å²) >= 11 is 0. The maximum atomic E-state index is 12.2. The van der Waals surface area contributed by atoms with E-state index in [1.165, 1.54) is 43.8 Å². The summed E-state index contributed by atoms with van der Waals surface area (Å²) in [7, 11) is 0. The van der Waals surface area contributed by atoms with Gasteiger partial charge in [-0.15, -0.1) is 0 Å². The van der Waals surface area contributed by atoms with E-state index in [-0.39, 0.29) is 5.97 Å². The van der Waals surface area contributed by atoms with Crippen molar-refractivity contribution in [2.75, 3.05) is 0 Å². The summed E-state index contributed by atoms with van der Waals surface area (Å²) in [5, 5.41) is 9.98. The maximum absolute atomic E-state index is 12.2. The minimum atomic E-state index is -0.496. The lowest BCUT2D eigenvalue weighted by Gasteiger charge is -2.18. The molecule has 0 saturated carbocycles. The Balaban J connectivity index is 1.78. The van der Waals surface area contributed by atoms with Crippen LogP contribution in [0.25, 0.3) is 49.2 Å². The van der Waals surface area contributed by atoms with Gasteiger partial charge in [0.05, 0.1) is 0 Å². The lowest BCUT2D eigenvalue weighted by atomic mass is 9.88. The van der Waals surface area contributed by atoms with Crippen molar-refractivity contribution in [1.29, 1.82) is 0 Å². The van der Waals surface area contributed by atoms with Crippen LogP contribution in [0.3, 0.4) is 0 Å². The predicted molar refractivity (Wildman–Crippen MR) is 123 cm³/mol. The maximum Gasteiger partial charge on any atom is 0.331 e. The van der Waals surface area contributed by atoms with Crippen LogP contribution in [0.5, 0.6) is 0 Å². The third-order valence-electron chi connectivity index (χ3n) is 5.37. The van der Waals surface area contributed by atoms with Gasteiger partial charge in [0.1, 0.15) is 5.60 Å². The third kappa shape index (κ3) is 2.92. The van der Waals surface area contributed by atoms with Crippen LogP contribution in [-0.2, 0) is 9.53 Å². The van der Waals surface area contributed by atoms with Gasteiger partial charge in [-0.05, 0) is 75.5 Å². The van der Waals surface area contributed by atoms with Crippen LogP contribution in [0, 0.1) is 0 Å². The first-order chi connectivity index (χ1) is 13.9. The molecular formula is C27H22O2. The topological polar surface area (TPSA) is 26.3 Å². The SMILES string of the molecule is CC(C)(C)OC(=O)/C=C/c1ccc2c3cccc4cccc(c5cccc1c52)c43. The Hall–Kier alpha value is -3.39. The molecule has 0 radical (unpaired) electrons. The molecule has 0 fully saturated rings. The first-order valence-corrected chi connectivity index (χ1v) is 9.92. The van der Waals surface area contributed by atoms with Gasteiger partial charge in [-0.1, -0.05) is 66.7 Å². The standard InChI is InChI=1S/C27H22O2/c1-27(2,3)29-24(28)16-14-17-13-15-23-21-11-5-8-18-7-4-10-20(25(18)21)22-12-6-9-19(17)26(22)23/h4-16H,1-3H3/b16-14+. The highest BCUT2D eigenvalue weighted by Gasteiger charge is 2.15. The van der Waals surface area contributed by atoms with Crippen molar-refractivity contribution in [2.24, 2.45) is 0 Å². The number of fused-ring (bicyclic) bond motifs is 2. The molecule has 0 atom stereocenters. The van der Waals surface area contributed by atoms with Crippen LogP contribution in [0.4, 0.5) is 0 Å². The number of carbonyl (C=O) groups excluding carboxylic acids is 1. The summed E-state index contributed by atoms with van der Waals surface area (Å²) in [4.78, 5) is 12.2. The number of carbonyl (C=O) groups is 1. The molecule has 0 aliphatic carbocycles. The zero-order valence-corrected chi connectivity index (χ0v) is 16.8. The van der Waals surface area contributed by atoms with E-state index in [4.69, 9.17) is 4.74 Å². The number of ether oxygens (including phenoxy) is 1. The summed E-state index contributed by atoms with van der Waals surface area (Å²) < 4.78 is 5.41. The van der Waals surface area contributed by atoms with E-state index < -0.39 is 5.60 Å². The lowest BCUT2D eigenvalue weighted by molar-refractivity contribution is -0.148. The van der Waals surface area contributed by atoms with Gasteiger partial charge in [-0.3, -0.25) is 0 Å². The molecule has 0 aliphatic heterocycles. The highest BCUT2D eigenvalue weighted by molar-refractivity contribution is 6.33. The minimum Gasteiger partial charge on any atom is -0.457 e. The van der Waals surface area contributed by atoms with Crippen molar-refractivity contribution in [1.82, 2.24) is 0 Å². The Labute approximate surface area is 169 Å². The number of rotatable bonds is 2. The Kier molecular flexibility index (Phi) is 3.85. The van der Waals surface area contributed by atoms with Crippen LogP contribution in [0.1, 0.15) is 26.3 Å². The fourth-order valence-corrected chi connectivity index (χ4v) is 4.31. The zero-order valence-electron chi connectivity index (χ0n) is 16.8. The van der Waals surface area contributed by atoms with Crippen molar-refractivity contribution in [2.45, 2.75) is 26.4 Å². The molecule has 2 nitrogen and oxygen atoms in total. The third-order valence-corrected chi connectivity index (χ3v) is 5.37. The van der Waals surface area contributed by atoms with Crippen molar-refractivity contribution in [3.8, 4) is 0 Å². The molecule has 0 aromatic heterocycles. The van der Waals surface area contributed by atoms with E-state index in [9.17, 15) is 4.79 Å². The van der Waals surface area contributed by atoms with E-state index in [1.54, 1.807) is 0 Å². The van der Waals surface area contributed by atoms with Gasteiger partial charge in [0, 0.05) is 6.08 Å². The molecule has 142 valence electrons. The highest BCUT2D eigenvalue weighted by atomic mass is 16.6. The molecule has 0 heterocycles. The number of benzene rings is 5. The summed E-state index contributed by atoms with van der Waals surface area (Å²) in [5.41, 5.74) is 0.520. The molecule has 2 heteroatoms. The van der Waals surface area contributed by atoms with E-state index in [0.717, 1.165) is 10.9 Å². The highest BCUT2D eigenvalue weighted by Crippen LogP contribution is 2.41. The van der Waals surface area contributed by atoms with E-state index >= 15 is 0 Å². The number of hydrogen-bond donors (Lipinski definition) is 0. The van der Waals surface area contributed by atoms with Gasteiger partial charge in [0.15, 0.2) is 0 Å². The second kappa shape index (κ2) is 6.31. The Morgan fingerprint density at radius 1 is 0.724 bits per heavy atom. The molecule has 5 aromatic rings. The van der Waals surface area contributed by atoms with Gasteiger partial charge in [-0.2, -0.15) is 0 Å². The molecule has 5 rings (SSSR count). The van der Waals surface area contributed by atoms with Gasteiger partial charge in [0.2, 0.25) is 0 Å². The Bertz CT molecular complexity index is 1370. The number of hydrogen-bond acceptors (Lipinski definition) is 2. The molecule has 0 N–H and O–H groups in total. The zero-order chi connectivity index (χ0) is 20.2. The van der Waals surface area contributed by atoms with Crippen LogP contribution < -0.4 is 0 Å². The average Bonchev–Trinajstić information content (AvgIpc) is 2.69. The molecule has 0 unspecified atom stereocenters. The van der Waals surface area contributed by atoms with Crippen LogP contribution >= 0.6 is 0 Å². The summed E-state index contributed by atoms with van der Waals surface area (Å²) in [6.07, 6.45) is 3.38. The lowest BCUT2D eigenvalue weighted by Crippen LogP contribution is -2.22. The quantitative estimate of drug-likeness (QED) is 0.142. The second-order valence-electron chi connectivity index (χ2n) is 8.51.